The second kappa shape index (κ2) is 10.7. The maximum Gasteiger partial charge on any atom is 0.328 e. The first kappa shape index (κ1) is 25.3. The summed E-state index contributed by atoms with van der Waals surface area (Å²) in [4.78, 5) is 24.5. The van der Waals surface area contributed by atoms with Crippen LogP contribution in [0.2, 0.25) is 5.02 Å². The van der Waals surface area contributed by atoms with Crippen molar-refractivity contribution in [3.63, 3.8) is 0 Å². The third-order valence-corrected chi connectivity index (χ3v) is 6.35. The van der Waals surface area contributed by atoms with Crippen LogP contribution >= 0.6 is 11.6 Å². The number of benzene rings is 3. The number of amides is 1. The fourth-order valence-electron chi connectivity index (χ4n) is 4.05. The molecule has 0 saturated carbocycles. The van der Waals surface area contributed by atoms with E-state index in [2.05, 4.69) is 35.8 Å². The largest absolute Gasteiger partial charge is 0.467 e. The molecule has 0 heterocycles. The summed E-state index contributed by atoms with van der Waals surface area (Å²) in [6.45, 7) is 9.53. The van der Waals surface area contributed by atoms with Crippen LogP contribution in [-0.4, -0.2) is 25.0 Å². The molecule has 6 heteroatoms. The molecule has 3 aromatic rings. The zero-order chi connectivity index (χ0) is 25.0. The van der Waals surface area contributed by atoms with Gasteiger partial charge in [-0.05, 0) is 86.2 Å². The van der Waals surface area contributed by atoms with Crippen molar-refractivity contribution in [3.05, 3.63) is 87.4 Å². The molecule has 178 valence electrons. The molecule has 3 aromatic carbocycles. The van der Waals surface area contributed by atoms with E-state index in [-0.39, 0.29) is 11.9 Å². The first-order valence-corrected chi connectivity index (χ1v) is 11.6. The number of carbonyl (C=O) groups is 2. The summed E-state index contributed by atoms with van der Waals surface area (Å²) in [5, 5.41) is 7.03. The molecule has 0 aliphatic rings. The standard InChI is InChI=1S/C28H31ClN2O3/c1-16-12-21(10-11-25(16)29)19(4)30-24-9-7-8-22(15-24)23-13-17(2)26(18(3)14-23)27(32)31-20(5)28(33)34-6/h7-15,19-20,30H,1-6H3,(H,31,32). The summed E-state index contributed by atoms with van der Waals surface area (Å²) in [7, 11) is 1.30. The van der Waals surface area contributed by atoms with Crippen molar-refractivity contribution < 1.29 is 14.3 Å². The highest BCUT2D eigenvalue weighted by atomic mass is 35.5. The normalized spacial score (nSPS) is 12.6. The second-order valence-electron chi connectivity index (χ2n) is 8.66. The van der Waals surface area contributed by atoms with Gasteiger partial charge in [-0.1, -0.05) is 48.0 Å². The van der Waals surface area contributed by atoms with Crippen molar-refractivity contribution >= 4 is 29.2 Å². The number of aryl methyl sites for hydroxylation is 3. The van der Waals surface area contributed by atoms with Crippen LogP contribution in [0.3, 0.4) is 0 Å². The SMILES string of the molecule is COC(=O)C(C)NC(=O)c1c(C)cc(-c2cccc(NC(C)c3ccc(Cl)c(C)c3)c2)cc1C. The van der Waals surface area contributed by atoms with Gasteiger partial charge in [-0.2, -0.15) is 0 Å². The third-order valence-electron chi connectivity index (χ3n) is 5.92. The summed E-state index contributed by atoms with van der Waals surface area (Å²) >= 11 is 6.17. The van der Waals surface area contributed by atoms with E-state index in [0.717, 1.165) is 44.1 Å². The van der Waals surface area contributed by atoms with E-state index in [9.17, 15) is 9.59 Å². The molecule has 0 spiro atoms. The van der Waals surface area contributed by atoms with Gasteiger partial charge in [0.1, 0.15) is 6.04 Å². The second-order valence-corrected chi connectivity index (χ2v) is 9.07. The average molecular weight is 479 g/mol. The van der Waals surface area contributed by atoms with Crippen LogP contribution in [0.25, 0.3) is 11.1 Å². The fourth-order valence-corrected chi connectivity index (χ4v) is 4.17. The first-order valence-electron chi connectivity index (χ1n) is 11.2. The van der Waals surface area contributed by atoms with Crippen LogP contribution < -0.4 is 10.6 Å². The number of hydrogen-bond donors (Lipinski definition) is 2. The highest BCUT2D eigenvalue weighted by Crippen LogP contribution is 2.29. The Balaban J connectivity index is 1.82. The van der Waals surface area contributed by atoms with Crippen LogP contribution in [-0.2, 0) is 9.53 Å². The van der Waals surface area contributed by atoms with Gasteiger partial charge >= 0.3 is 5.97 Å². The quantitative estimate of drug-likeness (QED) is 0.386. The van der Waals surface area contributed by atoms with Crippen molar-refractivity contribution in [2.24, 2.45) is 0 Å². The summed E-state index contributed by atoms with van der Waals surface area (Å²) in [5.74, 6) is -0.769. The number of esters is 1. The number of rotatable bonds is 7. The molecule has 0 fully saturated rings. The van der Waals surface area contributed by atoms with Gasteiger partial charge in [-0.25, -0.2) is 4.79 Å². The summed E-state index contributed by atoms with van der Waals surface area (Å²) in [5.41, 5.74) is 7.54. The zero-order valence-corrected chi connectivity index (χ0v) is 21.2. The molecule has 0 aromatic heterocycles. The monoisotopic (exact) mass is 478 g/mol. The van der Waals surface area contributed by atoms with Gasteiger partial charge in [0.15, 0.2) is 0 Å². The molecule has 0 bridgehead atoms. The van der Waals surface area contributed by atoms with Crippen LogP contribution in [0, 0.1) is 20.8 Å². The number of ether oxygens (including phenoxy) is 1. The molecule has 5 nitrogen and oxygen atoms in total. The van der Waals surface area contributed by atoms with Gasteiger partial charge in [0.05, 0.1) is 7.11 Å². The van der Waals surface area contributed by atoms with Gasteiger partial charge in [0.2, 0.25) is 0 Å². The Labute approximate surface area is 206 Å². The lowest BCUT2D eigenvalue weighted by atomic mass is 9.94. The maximum atomic E-state index is 12.8. The van der Waals surface area contributed by atoms with Crippen molar-refractivity contribution in [2.45, 2.75) is 46.7 Å². The van der Waals surface area contributed by atoms with Gasteiger partial charge in [0, 0.05) is 22.3 Å². The molecule has 3 rings (SSSR count). The van der Waals surface area contributed by atoms with Gasteiger partial charge in [-0.15, -0.1) is 0 Å². The minimum atomic E-state index is -0.717. The Hall–Kier alpha value is -3.31. The summed E-state index contributed by atoms with van der Waals surface area (Å²) < 4.78 is 4.70. The summed E-state index contributed by atoms with van der Waals surface area (Å²) in [6.07, 6.45) is 0. The lowest BCUT2D eigenvalue weighted by molar-refractivity contribution is -0.142. The molecule has 2 unspecified atom stereocenters. The predicted molar refractivity (Wildman–Crippen MR) is 139 cm³/mol. The number of methoxy groups -OCH3 is 1. The molecule has 0 saturated heterocycles. The van der Waals surface area contributed by atoms with Crippen LogP contribution in [0.15, 0.2) is 54.6 Å². The Morgan fingerprint density at radius 1 is 0.882 bits per heavy atom. The Morgan fingerprint density at radius 2 is 1.56 bits per heavy atom. The molecule has 1 amide bonds. The Morgan fingerprint density at radius 3 is 2.18 bits per heavy atom. The van der Waals surface area contributed by atoms with E-state index in [1.165, 1.54) is 7.11 Å². The number of anilines is 1. The number of halogens is 1. The molecule has 0 radical (unpaired) electrons. The highest BCUT2D eigenvalue weighted by molar-refractivity contribution is 6.31. The average Bonchev–Trinajstić information content (AvgIpc) is 2.79. The maximum absolute atomic E-state index is 12.8. The van der Waals surface area contributed by atoms with Crippen LogP contribution in [0.1, 0.15) is 52.5 Å². The molecule has 2 N–H and O–H groups in total. The Bertz CT molecular complexity index is 1200. The topological polar surface area (TPSA) is 67.4 Å². The van der Waals surface area contributed by atoms with Crippen molar-refractivity contribution in [1.29, 1.82) is 0 Å². The molecule has 34 heavy (non-hydrogen) atoms. The lowest BCUT2D eigenvalue weighted by Gasteiger charge is -2.18. The smallest absolute Gasteiger partial charge is 0.328 e. The molecule has 2 atom stereocenters. The van der Waals surface area contributed by atoms with Gasteiger partial charge < -0.3 is 15.4 Å². The number of nitrogens with one attached hydrogen (secondary N) is 2. The van der Waals surface area contributed by atoms with Gasteiger partial charge in [-0.3, -0.25) is 4.79 Å². The summed E-state index contributed by atoms with van der Waals surface area (Å²) in [6, 6.07) is 17.7. The number of hydrogen-bond acceptors (Lipinski definition) is 4. The van der Waals surface area contributed by atoms with Crippen LogP contribution in [0.4, 0.5) is 5.69 Å². The fraction of sp³-hybridized carbons (Fsp3) is 0.286. The van der Waals surface area contributed by atoms with E-state index in [1.54, 1.807) is 6.92 Å². The predicted octanol–water partition coefficient (Wildman–Crippen LogP) is 6.40. The molecule has 0 aliphatic carbocycles. The lowest BCUT2D eigenvalue weighted by Crippen LogP contribution is -2.39. The van der Waals surface area contributed by atoms with E-state index < -0.39 is 12.0 Å². The third kappa shape index (κ3) is 5.78. The number of carbonyl (C=O) groups excluding carboxylic acids is 2. The minimum Gasteiger partial charge on any atom is -0.467 e. The van der Waals surface area contributed by atoms with E-state index in [0.29, 0.717) is 5.56 Å². The first-order chi connectivity index (χ1) is 16.1. The highest BCUT2D eigenvalue weighted by Gasteiger charge is 2.20. The Kier molecular flexibility index (Phi) is 8.00. The van der Waals surface area contributed by atoms with E-state index >= 15 is 0 Å². The van der Waals surface area contributed by atoms with E-state index in [4.69, 9.17) is 16.3 Å². The minimum absolute atomic E-state index is 0.109. The molecular formula is C28H31ClN2O3. The van der Waals surface area contributed by atoms with Crippen molar-refractivity contribution in [3.8, 4) is 11.1 Å². The zero-order valence-electron chi connectivity index (χ0n) is 20.5. The van der Waals surface area contributed by atoms with Gasteiger partial charge in [0.25, 0.3) is 5.91 Å². The molecule has 0 aliphatic heterocycles. The van der Waals surface area contributed by atoms with Crippen molar-refractivity contribution in [2.75, 3.05) is 12.4 Å². The molecular weight excluding hydrogens is 448 g/mol. The van der Waals surface area contributed by atoms with E-state index in [1.807, 2.05) is 57.2 Å². The van der Waals surface area contributed by atoms with Crippen molar-refractivity contribution in [1.82, 2.24) is 5.32 Å². The van der Waals surface area contributed by atoms with Crippen LogP contribution in [0.5, 0.6) is 0 Å².